The number of hydrogen-bond acceptors (Lipinski definition) is 3. The second-order valence-corrected chi connectivity index (χ2v) is 9.04. The van der Waals surface area contributed by atoms with Gasteiger partial charge in [-0.3, -0.25) is 9.59 Å². The summed E-state index contributed by atoms with van der Waals surface area (Å²) >= 11 is 0. The van der Waals surface area contributed by atoms with Crippen molar-refractivity contribution in [1.29, 1.82) is 5.26 Å². The number of nitriles is 1. The van der Waals surface area contributed by atoms with Gasteiger partial charge in [-0.25, -0.2) is 0 Å². The van der Waals surface area contributed by atoms with E-state index in [9.17, 15) is 9.59 Å². The van der Waals surface area contributed by atoms with Gasteiger partial charge < -0.3 is 9.80 Å². The van der Waals surface area contributed by atoms with E-state index in [4.69, 9.17) is 5.26 Å². The van der Waals surface area contributed by atoms with Gasteiger partial charge in [-0.1, -0.05) is 0 Å². The molecule has 5 rings (SSSR count). The molecule has 1 aliphatic heterocycles. The lowest BCUT2D eigenvalue weighted by Gasteiger charge is -2.57. The monoisotopic (exact) mass is 343 g/mol. The summed E-state index contributed by atoms with van der Waals surface area (Å²) < 4.78 is 0. The molecule has 0 aromatic rings. The average Bonchev–Trinajstić information content (AvgIpc) is 2.79. The lowest BCUT2D eigenvalue weighted by atomic mass is 9.49. The average molecular weight is 343 g/mol. The molecule has 4 bridgehead atoms. The van der Waals surface area contributed by atoms with Crippen LogP contribution in [0.1, 0.15) is 57.8 Å². The molecule has 0 atom stereocenters. The lowest BCUT2D eigenvalue weighted by Crippen LogP contribution is -2.48. The predicted octanol–water partition coefficient (Wildman–Crippen LogP) is 2.57. The van der Waals surface area contributed by atoms with Crippen molar-refractivity contribution < 1.29 is 9.59 Å². The van der Waals surface area contributed by atoms with E-state index in [2.05, 4.69) is 0 Å². The molecule has 4 aliphatic carbocycles. The van der Waals surface area contributed by atoms with Crippen LogP contribution in [-0.4, -0.2) is 47.8 Å². The molecule has 1 saturated heterocycles. The maximum atomic E-state index is 13.0. The van der Waals surface area contributed by atoms with Gasteiger partial charge in [0.2, 0.25) is 11.8 Å². The fourth-order valence-electron chi connectivity index (χ4n) is 6.53. The Hall–Kier alpha value is -1.57. The van der Waals surface area contributed by atoms with E-state index in [0.717, 1.165) is 37.1 Å². The van der Waals surface area contributed by atoms with Gasteiger partial charge in [-0.05, 0) is 68.1 Å². The Morgan fingerprint density at radius 3 is 1.92 bits per heavy atom. The molecule has 0 unspecified atom stereocenters. The zero-order valence-electron chi connectivity index (χ0n) is 15.1. The topological polar surface area (TPSA) is 64.4 Å². The van der Waals surface area contributed by atoms with E-state index < -0.39 is 0 Å². The first kappa shape index (κ1) is 16.9. The fraction of sp³-hybridized carbons (Fsp3) is 0.850. The number of hydrogen-bond donors (Lipinski definition) is 0. The van der Waals surface area contributed by atoms with Crippen LogP contribution < -0.4 is 0 Å². The van der Waals surface area contributed by atoms with Crippen LogP contribution in [0.3, 0.4) is 0 Å². The summed E-state index contributed by atoms with van der Waals surface area (Å²) in [7, 11) is 0. The van der Waals surface area contributed by atoms with Gasteiger partial charge in [0.15, 0.2) is 0 Å². The highest BCUT2D eigenvalue weighted by Gasteiger charge is 2.51. The van der Waals surface area contributed by atoms with Gasteiger partial charge in [0.25, 0.3) is 0 Å². The van der Waals surface area contributed by atoms with Crippen LogP contribution in [0.25, 0.3) is 0 Å². The predicted molar refractivity (Wildman–Crippen MR) is 93.2 cm³/mol. The third-order valence-corrected chi connectivity index (χ3v) is 7.12. The molecule has 0 aromatic heterocycles. The van der Waals surface area contributed by atoms with Crippen molar-refractivity contribution in [3.63, 3.8) is 0 Å². The minimum Gasteiger partial charge on any atom is -0.341 e. The van der Waals surface area contributed by atoms with Gasteiger partial charge >= 0.3 is 0 Å². The first-order valence-electron chi connectivity index (χ1n) is 9.99. The number of carbonyl (C=O) groups is 2. The molecule has 136 valence electrons. The molecular formula is C20H29N3O2. The Bertz CT molecular complexity index is 559. The minimum absolute atomic E-state index is 0.0543. The fourth-order valence-corrected chi connectivity index (χ4v) is 6.53. The third-order valence-electron chi connectivity index (χ3n) is 7.12. The molecule has 0 aromatic carbocycles. The van der Waals surface area contributed by atoms with Gasteiger partial charge in [-0.2, -0.15) is 5.26 Å². The van der Waals surface area contributed by atoms with Crippen molar-refractivity contribution in [2.45, 2.75) is 57.8 Å². The highest BCUT2D eigenvalue weighted by molar-refractivity contribution is 5.79. The molecule has 0 spiro atoms. The summed E-state index contributed by atoms with van der Waals surface area (Å²) in [5.41, 5.74) is 0.286. The largest absolute Gasteiger partial charge is 0.341 e. The molecule has 5 heteroatoms. The SMILES string of the molecule is N#CCC(=O)N1CCCN(C(=O)CC23CC4CC(CC(C4)C2)C3)CC1. The highest BCUT2D eigenvalue weighted by Crippen LogP contribution is 2.61. The second kappa shape index (κ2) is 6.63. The molecule has 0 N–H and O–H groups in total. The third kappa shape index (κ3) is 3.41. The number of rotatable bonds is 3. The molecule has 25 heavy (non-hydrogen) atoms. The molecule has 1 heterocycles. The van der Waals surface area contributed by atoms with Crippen molar-refractivity contribution >= 4 is 11.8 Å². The molecule has 5 fully saturated rings. The first-order valence-corrected chi connectivity index (χ1v) is 9.99. The minimum atomic E-state index is -0.0992. The molecular weight excluding hydrogens is 314 g/mol. The molecule has 4 saturated carbocycles. The quantitative estimate of drug-likeness (QED) is 0.791. The Morgan fingerprint density at radius 2 is 1.40 bits per heavy atom. The standard InChI is InChI=1S/C20H29N3O2/c21-3-2-18(24)22-4-1-5-23(7-6-22)19(25)14-20-11-15-8-16(12-20)10-17(9-15)13-20/h15-17H,1-2,4-14H2. The second-order valence-electron chi connectivity index (χ2n) is 9.04. The maximum Gasteiger partial charge on any atom is 0.236 e. The van der Waals surface area contributed by atoms with Crippen molar-refractivity contribution in [3.8, 4) is 6.07 Å². The van der Waals surface area contributed by atoms with Crippen LogP contribution >= 0.6 is 0 Å². The van der Waals surface area contributed by atoms with Crippen LogP contribution in [0.4, 0.5) is 0 Å². The zero-order valence-corrected chi connectivity index (χ0v) is 15.1. The van der Waals surface area contributed by atoms with Gasteiger partial charge in [0.05, 0.1) is 6.07 Å². The molecule has 0 radical (unpaired) electrons. The van der Waals surface area contributed by atoms with Crippen LogP contribution in [0.2, 0.25) is 0 Å². The summed E-state index contributed by atoms with van der Waals surface area (Å²) in [4.78, 5) is 28.7. The van der Waals surface area contributed by atoms with Crippen LogP contribution in [-0.2, 0) is 9.59 Å². The van der Waals surface area contributed by atoms with Crippen molar-refractivity contribution in [1.82, 2.24) is 9.80 Å². The molecule has 5 nitrogen and oxygen atoms in total. The number of amides is 2. The summed E-state index contributed by atoms with van der Waals surface area (Å²) in [6, 6.07) is 1.93. The summed E-state index contributed by atoms with van der Waals surface area (Å²) in [5.74, 6) is 2.83. The van der Waals surface area contributed by atoms with Crippen LogP contribution in [0.5, 0.6) is 0 Å². The van der Waals surface area contributed by atoms with Crippen molar-refractivity contribution in [2.75, 3.05) is 26.2 Å². The number of nitrogens with zero attached hydrogens (tertiary/aromatic N) is 3. The molecule has 5 aliphatic rings. The highest BCUT2D eigenvalue weighted by atomic mass is 16.2. The summed E-state index contributed by atoms with van der Waals surface area (Å²) in [5, 5.41) is 8.71. The Balaban J connectivity index is 1.36. The van der Waals surface area contributed by atoms with Crippen LogP contribution in [0, 0.1) is 34.5 Å². The van der Waals surface area contributed by atoms with E-state index in [1.807, 2.05) is 11.0 Å². The Labute approximate surface area is 150 Å². The van der Waals surface area contributed by atoms with Gasteiger partial charge in [0.1, 0.15) is 6.42 Å². The molecule has 2 amide bonds. The zero-order chi connectivity index (χ0) is 17.4. The van der Waals surface area contributed by atoms with Gasteiger partial charge in [-0.15, -0.1) is 0 Å². The maximum absolute atomic E-state index is 13.0. The summed E-state index contributed by atoms with van der Waals surface area (Å²) in [6.45, 7) is 2.62. The van der Waals surface area contributed by atoms with Crippen molar-refractivity contribution in [3.05, 3.63) is 0 Å². The van der Waals surface area contributed by atoms with E-state index in [1.54, 1.807) is 4.90 Å². The number of carbonyl (C=O) groups excluding carboxylic acids is 2. The smallest absolute Gasteiger partial charge is 0.236 e. The van der Waals surface area contributed by atoms with E-state index >= 15 is 0 Å². The Morgan fingerprint density at radius 1 is 0.880 bits per heavy atom. The normalized spacial score (nSPS) is 36.8. The van der Waals surface area contributed by atoms with Crippen LogP contribution in [0.15, 0.2) is 0 Å². The van der Waals surface area contributed by atoms with Crippen molar-refractivity contribution in [2.24, 2.45) is 23.2 Å². The first-order chi connectivity index (χ1) is 12.1. The van der Waals surface area contributed by atoms with E-state index in [0.29, 0.717) is 25.5 Å². The summed E-state index contributed by atoms with van der Waals surface area (Å²) in [6.07, 6.45) is 9.53. The van der Waals surface area contributed by atoms with E-state index in [-0.39, 0.29) is 17.7 Å². The van der Waals surface area contributed by atoms with Gasteiger partial charge in [0, 0.05) is 32.6 Å². The lowest BCUT2D eigenvalue weighted by molar-refractivity contribution is -0.140. The Kier molecular flexibility index (Phi) is 4.47. The van der Waals surface area contributed by atoms with E-state index in [1.165, 1.54) is 38.5 Å².